The highest BCUT2D eigenvalue weighted by Crippen LogP contribution is 2.36. The molecule has 0 unspecified atom stereocenters. The van der Waals surface area contributed by atoms with Crippen molar-refractivity contribution >= 4 is 103 Å². The van der Waals surface area contributed by atoms with E-state index < -0.39 is 149 Å². The second-order valence-electron chi connectivity index (χ2n) is 25.7. The lowest BCUT2D eigenvalue weighted by molar-refractivity contribution is -0.384. The quantitative estimate of drug-likeness (QED) is 0.00692. The fourth-order valence-electron chi connectivity index (χ4n) is 10.4. The minimum Gasteiger partial charge on any atom is -0.497 e. The molecular weight excluding hydrogens is 1420 g/mol. The van der Waals surface area contributed by atoms with Gasteiger partial charge in [-0.15, -0.1) is 10.2 Å². The van der Waals surface area contributed by atoms with Crippen LogP contribution in [0.15, 0.2) is 178 Å². The molecule has 8 rings (SSSR count). The van der Waals surface area contributed by atoms with Gasteiger partial charge in [0.15, 0.2) is 11.4 Å². The number of ether oxygens (including phenoxy) is 8. The van der Waals surface area contributed by atoms with E-state index in [1.807, 2.05) is 86.6 Å². The summed E-state index contributed by atoms with van der Waals surface area (Å²) in [6, 6.07) is 41.6. The molecule has 0 bridgehead atoms. The Morgan fingerprint density at radius 3 is 1.13 bits per heavy atom. The topological polar surface area (TPSA) is 418 Å². The molecule has 0 fully saturated rings. The zero-order valence-corrected chi connectivity index (χ0v) is 61.1. The molecule has 0 spiro atoms. The van der Waals surface area contributed by atoms with Gasteiger partial charge in [-0.1, -0.05) is 48.5 Å². The normalized spacial score (nSPS) is 12.3. The third-order valence-electron chi connectivity index (χ3n) is 17.6. The predicted octanol–water partition coefficient (Wildman–Crippen LogP) is 11.9. The molecule has 0 saturated carbocycles. The number of anilines is 2. The summed E-state index contributed by atoms with van der Waals surface area (Å²) < 4.78 is 44.0. The number of rotatable bonds is 40. The van der Waals surface area contributed by atoms with Gasteiger partial charge in [0.05, 0.1) is 96.2 Å². The number of hydrogen-bond donors (Lipinski definition) is 4. The number of nitro benzene ring substituents is 2. The zero-order valence-electron chi connectivity index (χ0n) is 61.1. The molecule has 0 radical (unpaired) electrons. The number of nitro groups is 2. The number of carbonyl (C=O) groups excluding carboxylic acids is 6. The lowest BCUT2D eigenvalue weighted by Gasteiger charge is -2.34. The van der Waals surface area contributed by atoms with Gasteiger partial charge in [-0.2, -0.15) is 10.2 Å². The average Bonchev–Trinajstić information content (AvgIpc) is 0.854. The Hall–Kier alpha value is -11.9. The van der Waals surface area contributed by atoms with E-state index >= 15 is 0 Å². The molecule has 2 atom stereocenters. The maximum atomic E-state index is 14.0. The minimum absolute atomic E-state index is 0.0195. The standard InChI is InChI=1S/C77H84N8O24/c1-9-82(108-33-31-102-69(90)49(3)51-11-13-55-37-63(100-7)27-15-53(55)35-51)61-23-19-59(20-24-61)78-80-65-29-17-57(39-67(65)84(96)97)71(92)104-45-77(47-106-73(94)75(5,41-86)42-87,48-107-74(95)76(6,43-88)44-89)46-105-72(93)58-18-30-66(68(40-58)85(98)99)81-79-60-21-25-62(26-22-60)83(10-2)109-34-32-103-70(91)50(4)52-12-14-56-38-64(101-8)28-16-54(56)36-52/h11-30,35-40,49-50,86-89H,9-10,31-34,41-48H2,1-8H3/t49-,50-/m0/s1. The number of benzene rings is 8. The summed E-state index contributed by atoms with van der Waals surface area (Å²) in [4.78, 5) is 116. The van der Waals surface area contributed by atoms with Gasteiger partial charge in [-0.3, -0.25) is 59.2 Å². The highest BCUT2D eigenvalue weighted by Gasteiger charge is 2.43. The van der Waals surface area contributed by atoms with Crippen LogP contribution < -0.4 is 19.6 Å². The molecule has 8 aromatic carbocycles. The lowest BCUT2D eigenvalue weighted by atomic mass is 9.90. The van der Waals surface area contributed by atoms with Crippen LogP contribution in [0.25, 0.3) is 21.5 Å². The molecule has 576 valence electrons. The Morgan fingerprint density at radius 1 is 0.440 bits per heavy atom. The molecule has 32 heteroatoms. The summed E-state index contributed by atoms with van der Waals surface area (Å²) in [5, 5.41) is 88.6. The van der Waals surface area contributed by atoms with Gasteiger partial charge in [0.2, 0.25) is 0 Å². The lowest BCUT2D eigenvalue weighted by Crippen LogP contribution is -2.47. The van der Waals surface area contributed by atoms with Crippen molar-refractivity contribution in [1.82, 2.24) is 0 Å². The molecule has 0 aromatic heterocycles. The van der Waals surface area contributed by atoms with Gasteiger partial charge in [0, 0.05) is 25.2 Å². The maximum absolute atomic E-state index is 14.0. The van der Waals surface area contributed by atoms with Gasteiger partial charge in [0.1, 0.15) is 80.6 Å². The van der Waals surface area contributed by atoms with Crippen molar-refractivity contribution in [2.75, 3.05) is 117 Å². The average molecular weight is 1510 g/mol. The van der Waals surface area contributed by atoms with Crippen molar-refractivity contribution in [2.45, 2.75) is 53.4 Å². The van der Waals surface area contributed by atoms with Crippen LogP contribution in [0.1, 0.15) is 85.2 Å². The number of hydroxylamine groups is 2. The Morgan fingerprint density at radius 2 is 0.789 bits per heavy atom. The summed E-state index contributed by atoms with van der Waals surface area (Å²) >= 11 is 0. The van der Waals surface area contributed by atoms with Crippen LogP contribution in [0.5, 0.6) is 11.5 Å². The molecule has 0 aliphatic rings. The summed E-state index contributed by atoms with van der Waals surface area (Å²) in [5.74, 6) is -5.62. The molecule has 0 aliphatic carbocycles. The number of azo groups is 2. The maximum Gasteiger partial charge on any atom is 0.338 e. The number of aliphatic hydroxyl groups excluding tert-OH is 4. The van der Waals surface area contributed by atoms with E-state index in [2.05, 4.69) is 20.5 Å². The van der Waals surface area contributed by atoms with Gasteiger partial charge in [0.25, 0.3) is 11.4 Å². The van der Waals surface area contributed by atoms with Gasteiger partial charge >= 0.3 is 35.8 Å². The molecule has 32 nitrogen and oxygen atoms in total. The van der Waals surface area contributed by atoms with Crippen molar-refractivity contribution in [3.05, 3.63) is 200 Å². The van der Waals surface area contributed by atoms with Crippen LogP contribution in [0.2, 0.25) is 0 Å². The number of aliphatic hydroxyl groups is 4. The van der Waals surface area contributed by atoms with Crippen molar-refractivity contribution < 1.29 is 107 Å². The van der Waals surface area contributed by atoms with Crippen LogP contribution in [-0.2, 0) is 57.3 Å². The minimum atomic E-state index is -2.20. The fourth-order valence-corrected chi connectivity index (χ4v) is 10.4. The smallest absolute Gasteiger partial charge is 0.338 e. The van der Waals surface area contributed by atoms with Gasteiger partial charge < -0.3 is 58.3 Å². The van der Waals surface area contributed by atoms with Crippen LogP contribution >= 0.6 is 0 Å². The highest BCUT2D eigenvalue weighted by atomic mass is 16.7. The number of hydrogen-bond acceptors (Lipinski definition) is 30. The first-order chi connectivity index (χ1) is 52.3. The molecule has 0 amide bonds. The van der Waals surface area contributed by atoms with E-state index in [-0.39, 0.29) is 49.2 Å². The zero-order chi connectivity index (χ0) is 79.0. The highest BCUT2D eigenvalue weighted by molar-refractivity contribution is 5.93. The summed E-state index contributed by atoms with van der Waals surface area (Å²) in [6.07, 6.45) is 0. The first-order valence-corrected chi connectivity index (χ1v) is 34.3. The summed E-state index contributed by atoms with van der Waals surface area (Å²) in [6.45, 7) is 2.25. The Bertz CT molecular complexity index is 4320. The molecule has 0 saturated heterocycles. The van der Waals surface area contributed by atoms with Crippen molar-refractivity contribution in [3.8, 4) is 11.5 Å². The summed E-state index contributed by atoms with van der Waals surface area (Å²) in [5.41, 5.74) is -5.90. The van der Waals surface area contributed by atoms with Crippen molar-refractivity contribution in [2.24, 2.45) is 36.7 Å². The van der Waals surface area contributed by atoms with Gasteiger partial charge in [-0.25, -0.2) is 9.59 Å². The second-order valence-corrected chi connectivity index (χ2v) is 25.7. The van der Waals surface area contributed by atoms with Crippen molar-refractivity contribution in [1.29, 1.82) is 0 Å². The predicted molar refractivity (Wildman–Crippen MR) is 395 cm³/mol. The molecule has 8 aromatic rings. The third-order valence-corrected chi connectivity index (χ3v) is 17.6. The van der Waals surface area contributed by atoms with Crippen LogP contribution in [0.3, 0.4) is 0 Å². The summed E-state index contributed by atoms with van der Waals surface area (Å²) in [7, 11) is 3.18. The fraction of sp³-hybridized carbons (Fsp3) is 0.351. The Balaban J connectivity index is 0.918. The first kappa shape index (κ1) is 82.7. The van der Waals surface area contributed by atoms with E-state index in [9.17, 15) is 69.4 Å². The Kier molecular flexibility index (Phi) is 29.3. The number of carbonyl (C=O) groups is 6. The van der Waals surface area contributed by atoms with Crippen molar-refractivity contribution in [3.63, 3.8) is 0 Å². The largest absolute Gasteiger partial charge is 0.497 e. The number of fused-ring (bicyclic) bond motifs is 2. The first-order valence-electron chi connectivity index (χ1n) is 34.3. The Labute approximate surface area is 625 Å². The van der Waals surface area contributed by atoms with E-state index in [1.54, 1.807) is 86.7 Å². The SMILES string of the molecule is CCN(OCCOC(=O)[C@@H](C)c1ccc2cc(OC)ccc2c1)c1ccc(N=Nc2ccc(C(=O)OCC(COC(=O)c3ccc(N=Nc4ccc(N(CC)OCCOC(=O)[C@@H](C)c5ccc6cc(OC)ccc6c5)cc4)c([N+](=O)[O-])c3)(COC(=O)C(C)(CO)CO)COC(=O)C(C)(CO)CO)cc2[N+](=O)[O-])cc1. The van der Waals surface area contributed by atoms with Crippen LogP contribution in [0.4, 0.5) is 45.5 Å². The number of methoxy groups -OCH3 is 2. The number of esters is 6. The van der Waals surface area contributed by atoms with E-state index in [0.717, 1.165) is 94.4 Å². The molecule has 0 aliphatic heterocycles. The third kappa shape index (κ3) is 21.7. The van der Waals surface area contributed by atoms with E-state index in [4.69, 9.17) is 47.6 Å². The second kappa shape index (κ2) is 38.5. The van der Waals surface area contributed by atoms with Gasteiger partial charge in [-0.05, 0) is 171 Å². The molecule has 0 heterocycles. The van der Waals surface area contributed by atoms with Crippen LogP contribution in [-0.4, -0.2) is 173 Å². The van der Waals surface area contributed by atoms with E-state index in [1.165, 1.54) is 0 Å². The molecule has 4 N–H and O–H groups in total. The molecule has 109 heavy (non-hydrogen) atoms. The van der Waals surface area contributed by atoms with Crippen LogP contribution in [0, 0.1) is 36.5 Å². The monoisotopic (exact) mass is 1500 g/mol. The molecular formula is C77H84N8O24. The number of nitrogens with zero attached hydrogens (tertiary/aromatic N) is 8. The van der Waals surface area contributed by atoms with E-state index in [0.29, 0.717) is 24.5 Å².